The molecule has 12 heteroatoms. The van der Waals surface area contributed by atoms with Crippen LogP contribution < -0.4 is 26.6 Å². The number of methoxy groups -OCH3 is 1. The SMILES string of the molecule is COc1nc(-c2cccc(-c3cccc(NC(=O)c4cn(C)c(=O)n(C)c4=O)c3C)c2Cl)ccc1CN[C@@H]1CCOC[C@H]1O. The van der Waals surface area contributed by atoms with E-state index < -0.39 is 23.3 Å². The Kier molecular flexibility index (Phi) is 9.31. The smallest absolute Gasteiger partial charge is 0.330 e. The summed E-state index contributed by atoms with van der Waals surface area (Å²) in [5.74, 6) is -0.179. The molecule has 0 radical (unpaired) electrons. The molecule has 1 amide bonds. The Hall–Kier alpha value is -4.29. The molecule has 3 N–H and O–H groups in total. The molecule has 11 nitrogen and oxygen atoms in total. The number of ether oxygens (including phenoxy) is 2. The van der Waals surface area contributed by atoms with E-state index >= 15 is 0 Å². The molecule has 3 heterocycles. The van der Waals surface area contributed by atoms with Crippen LogP contribution in [0.3, 0.4) is 0 Å². The lowest BCUT2D eigenvalue weighted by atomic mass is 9.96. The second-order valence-electron chi connectivity index (χ2n) is 10.7. The fourth-order valence-electron chi connectivity index (χ4n) is 5.29. The first-order chi connectivity index (χ1) is 21.1. The minimum Gasteiger partial charge on any atom is -0.481 e. The number of aliphatic hydroxyl groups is 1. The zero-order valence-corrected chi connectivity index (χ0v) is 25.6. The van der Waals surface area contributed by atoms with Crippen LogP contribution in [0.1, 0.15) is 27.9 Å². The summed E-state index contributed by atoms with van der Waals surface area (Å²) < 4.78 is 13.0. The standard InChI is InChI=1S/C32H34ClN5O6/c1-18-20(7-6-10-24(18)35-29(40)23-16-37(2)32(42)38(3)31(23)41)21-8-5-9-22(28(21)33)25-12-11-19(30(36-25)43-4)15-34-26-13-14-44-17-27(26)39/h5-12,16,26-27,34,39H,13-15,17H2,1-4H3,(H,35,40)/t26-,27-/m1/s1. The van der Waals surface area contributed by atoms with Gasteiger partial charge in [-0.05, 0) is 36.6 Å². The van der Waals surface area contributed by atoms with Gasteiger partial charge in [0, 0.05) is 61.9 Å². The fraction of sp³-hybridized carbons (Fsp3) is 0.312. The molecule has 1 fully saturated rings. The van der Waals surface area contributed by atoms with E-state index in [4.69, 9.17) is 26.1 Å². The van der Waals surface area contributed by atoms with Gasteiger partial charge in [0.25, 0.3) is 11.5 Å². The van der Waals surface area contributed by atoms with Gasteiger partial charge in [-0.2, -0.15) is 0 Å². The highest BCUT2D eigenvalue weighted by molar-refractivity contribution is 6.36. The number of hydrogen-bond donors (Lipinski definition) is 3. The number of pyridine rings is 1. The van der Waals surface area contributed by atoms with Crippen molar-refractivity contribution in [3.8, 4) is 28.3 Å². The summed E-state index contributed by atoms with van der Waals surface area (Å²) in [6.07, 6.45) is 1.38. The maximum atomic E-state index is 13.1. The minimum absolute atomic E-state index is 0.0743. The third kappa shape index (κ3) is 6.18. The van der Waals surface area contributed by atoms with Gasteiger partial charge in [-0.25, -0.2) is 9.78 Å². The Labute approximate surface area is 259 Å². The number of nitrogens with one attached hydrogen (secondary N) is 2. The molecule has 2 aromatic carbocycles. The van der Waals surface area contributed by atoms with Gasteiger partial charge in [0.15, 0.2) is 0 Å². The van der Waals surface area contributed by atoms with Crippen LogP contribution in [0.4, 0.5) is 5.69 Å². The van der Waals surface area contributed by atoms with Crippen molar-refractivity contribution in [2.45, 2.75) is 32.0 Å². The summed E-state index contributed by atoms with van der Waals surface area (Å²) in [5.41, 5.74) is 3.56. The molecule has 1 saturated heterocycles. The average molecular weight is 620 g/mol. The van der Waals surface area contributed by atoms with Crippen LogP contribution >= 0.6 is 11.6 Å². The Morgan fingerprint density at radius 3 is 2.59 bits per heavy atom. The number of amides is 1. The summed E-state index contributed by atoms with van der Waals surface area (Å²) in [4.78, 5) is 42.5. The van der Waals surface area contributed by atoms with Gasteiger partial charge in [-0.1, -0.05) is 48.0 Å². The lowest BCUT2D eigenvalue weighted by molar-refractivity contribution is -0.0281. The first-order valence-electron chi connectivity index (χ1n) is 14.1. The van der Waals surface area contributed by atoms with E-state index in [0.29, 0.717) is 54.0 Å². The molecule has 0 saturated carbocycles. The zero-order chi connectivity index (χ0) is 31.5. The Balaban J connectivity index is 1.42. The summed E-state index contributed by atoms with van der Waals surface area (Å²) in [6.45, 7) is 3.23. The second kappa shape index (κ2) is 13.1. The third-order valence-electron chi connectivity index (χ3n) is 7.85. The predicted molar refractivity (Wildman–Crippen MR) is 168 cm³/mol. The normalized spacial score (nSPS) is 16.5. The molecule has 1 aliphatic heterocycles. The molecular weight excluding hydrogens is 586 g/mol. The van der Waals surface area contributed by atoms with E-state index in [1.807, 2.05) is 43.3 Å². The average Bonchev–Trinajstić information content (AvgIpc) is 3.02. The molecule has 0 unspecified atom stereocenters. The van der Waals surface area contributed by atoms with Crippen LogP contribution in [0, 0.1) is 6.92 Å². The quantitative estimate of drug-likeness (QED) is 0.273. The molecule has 4 aromatic rings. The number of aromatic nitrogens is 3. The fourth-order valence-corrected chi connectivity index (χ4v) is 5.61. The van der Waals surface area contributed by atoms with Gasteiger partial charge >= 0.3 is 5.69 Å². The lowest BCUT2D eigenvalue weighted by Crippen LogP contribution is -2.46. The topological polar surface area (TPSA) is 137 Å². The number of carbonyl (C=O) groups is 1. The van der Waals surface area contributed by atoms with E-state index in [9.17, 15) is 19.5 Å². The first-order valence-corrected chi connectivity index (χ1v) is 14.5. The van der Waals surface area contributed by atoms with Crippen LogP contribution in [0.2, 0.25) is 5.02 Å². The van der Waals surface area contributed by atoms with Gasteiger partial charge in [-0.15, -0.1) is 0 Å². The number of carbonyl (C=O) groups excluding carboxylic acids is 1. The monoisotopic (exact) mass is 619 g/mol. The number of anilines is 1. The van der Waals surface area contributed by atoms with Crippen molar-refractivity contribution in [2.24, 2.45) is 14.1 Å². The van der Waals surface area contributed by atoms with E-state index in [-0.39, 0.29) is 11.6 Å². The molecule has 2 atom stereocenters. The molecule has 0 spiro atoms. The lowest BCUT2D eigenvalue weighted by Gasteiger charge is -2.28. The summed E-state index contributed by atoms with van der Waals surface area (Å²) >= 11 is 6.99. The molecule has 44 heavy (non-hydrogen) atoms. The number of hydrogen-bond acceptors (Lipinski definition) is 8. The predicted octanol–water partition coefficient (Wildman–Crippen LogP) is 3.28. The van der Waals surface area contributed by atoms with Crippen LogP contribution in [-0.2, 0) is 25.4 Å². The molecule has 0 bridgehead atoms. The van der Waals surface area contributed by atoms with Gasteiger partial charge in [0.05, 0.1) is 30.5 Å². The highest BCUT2D eigenvalue weighted by atomic mass is 35.5. The van der Waals surface area contributed by atoms with E-state index in [1.54, 1.807) is 19.2 Å². The molecule has 5 rings (SSSR count). The van der Waals surface area contributed by atoms with Crippen molar-refractivity contribution >= 4 is 23.2 Å². The highest BCUT2D eigenvalue weighted by Crippen LogP contribution is 2.39. The number of rotatable bonds is 8. The van der Waals surface area contributed by atoms with Gasteiger partial charge < -0.3 is 29.8 Å². The van der Waals surface area contributed by atoms with Crippen LogP contribution in [0.5, 0.6) is 5.88 Å². The number of nitrogens with zero attached hydrogens (tertiary/aromatic N) is 3. The number of aryl methyl sites for hydroxylation is 1. The Morgan fingerprint density at radius 2 is 1.84 bits per heavy atom. The van der Waals surface area contributed by atoms with E-state index in [1.165, 1.54) is 24.9 Å². The van der Waals surface area contributed by atoms with Crippen molar-refractivity contribution in [1.29, 1.82) is 0 Å². The second-order valence-corrected chi connectivity index (χ2v) is 11.1. The molecule has 0 aliphatic carbocycles. The molecule has 2 aromatic heterocycles. The number of aliphatic hydroxyl groups excluding tert-OH is 1. The van der Waals surface area contributed by atoms with Gasteiger partial charge in [-0.3, -0.25) is 14.2 Å². The zero-order valence-electron chi connectivity index (χ0n) is 24.9. The van der Waals surface area contributed by atoms with Crippen LogP contribution in [0.15, 0.2) is 64.3 Å². The number of halogens is 1. The summed E-state index contributed by atoms with van der Waals surface area (Å²) in [6, 6.07) is 14.8. The van der Waals surface area contributed by atoms with Crippen LogP contribution in [-0.4, -0.2) is 57.6 Å². The van der Waals surface area contributed by atoms with Crippen LogP contribution in [0.25, 0.3) is 22.4 Å². The Morgan fingerprint density at radius 1 is 1.11 bits per heavy atom. The van der Waals surface area contributed by atoms with Crippen molar-refractivity contribution < 1.29 is 19.4 Å². The largest absolute Gasteiger partial charge is 0.481 e. The maximum absolute atomic E-state index is 13.1. The van der Waals surface area contributed by atoms with Crippen molar-refractivity contribution in [3.63, 3.8) is 0 Å². The maximum Gasteiger partial charge on any atom is 0.330 e. The third-order valence-corrected chi connectivity index (χ3v) is 8.26. The van der Waals surface area contributed by atoms with E-state index in [2.05, 4.69) is 10.6 Å². The highest BCUT2D eigenvalue weighted by Gasteiger charge is 2.24. The van der Waals surface area contributed by atoms with Crippen molar-refractivity contribution in [1.82, 2.24) is 19.4 Å². The molecule has 1 aliphatic rings. The summed E-state index contributed by atoms with van der Waals surface area (Å²) in [5, 5.41) is 16.8. The van der Waals surface area contributed by atoms with Crippen molar-refractivity contribution in [2.75, 3.05) is 25.6 Å². The minimum atomic E-state index is -0.680. The van der Waals surface area contributed by atoms with Gasteiger partial charge in [0.1, 0.15) is 5.56 Å². The summed E-state index contributed by atoms with van der Waals surface area (Å²) in [7, 11) is 4.37. The van der Waals surface area contributed by atoms with E-state index in [0.717, 1.165) is 26.8 Å². The Bertz CT molecular complexity index is 1840. The molecular formula is C32H34ClN5O6. The number of benzene rings is 2. The molecule has 230 valence electrons. The van der Waals surface area contributed by atoms with Gasteiger partial charge in [0.2, 0.25) is 5.88 Å². The first kappa shape index (κ1) is 31.1. The van der Waals surface area contributed by atoms with Crippen molar-refractivity contribution in [3.05, 3.63) is 97.3 Å².